The topological polar surface area (TPSA) is 81.1 Å². The van der Waals surface area contributed by atoms with Crippen LogP contribution in [0.15, 0.2) is 17.7 Å². The Kier molecular flexibility index (Phi) is 4.71. The fourth-order valence-corrected chi connectivity index (χ4v) is 4.22. The van der Waals surface area contributed by atoms with Gasteiger partial charge in [0.1, 0.15) is 5.82 Å². The number of nitrogens with zero attached hydrogens (tertiary/aromatic N) is 2. The summed E-state index contributed by atoms with van der Waals surface area (Å²) in [4.78, 5) is 12.0. The van der Waals surface area contributed by atoms with Crippen molar-refractivity contribution in [3.05, 3.63) is 23.4 Å². The first-order valence-corrected chi connectivity index (χ1v) is 9.56. The lowest BCUT2D eigenvalue weighted by Crippen LogP contribution is -2.19. The van der Waals surface area contributed by atoms with Crippen molar-refractivity contribution in [3.63, 3.8) is 0 Å². The minimum atomic E-state index is -3.02. The highest BCUT2D eigenvalue weighted by Crippen LogP contribution is 2.30. The maximum atomic E-state index is 12.0. The van der Waals surface area contributed by atoms with Crippen molar-refractivity contribution in [1.82, 2.24) is 9.78 Å². The van der Waals surface area contributed by atoms with Crippen LogP contribution >= 0.6 is 0 Å². The molecular weight excluding hydrogens is 314 g/mol. The van der Waals surface area contributed by atoms with Gasteiger partial charge in [-0.25, -0.2) is 13.1 Å². The number of sulfone groups is 1. The molecule has 0 aromatic carbocycles. The number of anilines is 1. The number of aromatic nitrogens is 2. The summed E-state index contributed by atoms with van der Waals surface area (Å²) in [5.74, 6) is 0.569. The number of carbonyl (C=O) groups is 1. The highest BCUT2D eigenvalue weighted by atomic mass is 32.2. The Balaban J connectivity index is 2.37. The Labute approximate surface area is 137 Å². The number of nitrogens with one attached hydrogen (secondary N) is 1. The third-order valence-corrected chi connectivity index (χ3v) is 5.48. The standard InChI is InChI=1S/C16H25N3O3S/c1-11(2)8-15(20)17-14-9-13(16(3,4)5)18-19(14)12-6-7-23(21,22)10-12/h8-9,12H,6-7,10H2,1-5H3,(H,17,20)/t12-/m0/s1. The van der Waals surface area contributed by atoms with E-state index in [-0.39, 0.29) is 28.9 Å². The van der Waals surface area contributed by atoms with Gasteiger partial charge in [0.05, 0.1) is 23.2 Å². The number of hydrogen-bond donors (Lipinski definition) is 1. The molecule has 1 amide bonds. The lowest BCUT2D eigenvalue weighted by atomic mass is 9.92. The molecule has 7 heteroatoms. The molecule has 1 aliphatic heterocycles. The summed E-state index contributed by atoms with van der Waals surface area (Å²) in [6.45, 7) is 9.80. The number of amides is 1. The van der Waals surface area contributed by atoms with Crippen molar-refractivity contribution < 1.29 is 13.2 Å². The summed E-state index contributed by atoms with van der Waals surface area (Å²) in [6.07, 6.45) is 2.04. The molecule has 0 bridgehead atoms. The number of allylic oxidation sites excluding steroid dienone is 1. The van der Waals surface area contributed by atoms with Gasteiger partial charge < -0.3 is 5.32 Å². The van der Waals surface area contributed by atoms with Gasteiger partial charge >= 0.3 is 0 Å². The first-order chi connectivity index (χ1) is 10.5. The molecule has 2 rings (SSSR count). The number of rotatable bonds is 3. The summed E-state index contributed by atoms with van der Waals surface area (Å²) in [6, 6.07) is 1.61. The fraction of sp³-hybridized carbons (Fsp3) is 0.625. The molecule has 1 atom stereocenters. The Morgan fingerprint density at radius 1 is 1.39 bits per heavy atom. The molecule has 2 heterocycles. The van der Waals surface area contributed by atoms with E-state index in [1.165, 1.54) is 6.08 Å². The van der Waals surface area contributed by atoms with Crippen molar-refractivity contribution in [2.75, 3.05) is 16.8 Å². The molecule has 1 N–H and O–H groups in total. The van der Waals surface area contributed by atoms with Crippen molar-refractivity contribution in [2.45, 2.75) is 52.5 Å². The molecule has 0 spiro atoms. The SMILES string of the molecule is CC(C)=CC(=O)Nc1cc(C(C)(C)C)nn1[C@H]1CCS(=O)(=O)C1. The third-order valence-electron chi connectivity index (χ3n) is 3.73. The van der Waals surface area contributed by atoms with E-state index in [9.17, 15) is 13.2 Å². The monoisotopic (exact) mass is 339 g/mol. The van der Waals surface area contributed by atoms with Crippen LogP contribution < -0.4 is 5.32 Å². The fourth-order valence-electron chi connectivity index (χ4n) is 2.53. The van der Waals surface area contributed by atoms with Crippen LogP contribution in [0.2, 0.25) is 0 Å². The van der Waals surface area contributed by atoms with Gasteiger partial charge in [-0.1, -0.05) is 26.3 Å². The zero-order valence-corrected chi connectivity index (χ0v) is 15.2. The summed E-state index contributed by atoms with van der Waals surface area (Å²) in [5.41, 5.74) is 1.54. The summed E-state index contributed by atoms with van der Waals surface area (Å²) in [7, 11) is -3.02. The van der Waals surface area contributed by atoms with E-state index in [2.05, 4.69) is 10.4 Å². The van der Waals surface area contributed by atoms with Crippen molar-refractivity contribution >= 4 is 21.6 Å². The molecule has 0 aliphatic carbocycles. The zero-order valence-electron chi connectivity index (χ0n) is 14.4. The first-order valence-electron chi connectivity index (χ1n) is 7.74. The summed E-state index contributed by atoms with van der Waals surface area (Å²) in [5, 5.41) is 7.41. The third kappa shape index (κ3) is 4.43. The van der Waals surface area contributed by atoms with Crippen LogP contribution in [0.1, 0.15) is 52.8 Å². The highest BCUT2D eigenvalue weighted by Gasteiger charge is 2.32. The first kappa shape index (κ1) is 17.7. The molecule has 1 saturated heterocycles. The Bertz CT molecular complexity index is 735. The van der Waals surface area contributed by atoms with E-state index in [4.69, 9.17) is 0 Å². The molecular formula is C16H25N3O3S. The van der Waals surface area contributed by atoms with Crippen LogP contribution in [-0.2, 0) is 20.0 Å². The molecule has 23 heavy (non-hydrogen) atoms. The van der Waals surface area contributed by atoms with Crippen LogP contribution in [-0.4, -0.2) is 35.6 Å². The maximum absolute atomic E-state index is 12.0. The van der Waals surface area contributed by atoms with E-state index >= 15 is 0 Å². The Morgan fingerprint density at radius 2 is 2.04 bits per heavy atom. The lowest BCUT2D eigenvalue weighted by molar-refractivity contribution is -0.112. The van der Waals surface area contributed by atoms with Crippen LogP contribution in [0.5, 0.6) is 0 Å². The predicted molar refractivity (Wildman–Crippen MR) is 91.3 cm³/mol. The van der Waals surface area contributed by atoms with Gasteiger partial charge in [-0.3, -0.25) is 4.79 Å². The molecule has 1 aromatic rings. The predicted octanol–water partition coefficient (Wildman–Crippen LogP) is 2.44. The lowest BCUT2D eigenvalue weighted by Gasteiger charge is -2.15. The van der Waals surface area contributed by atoms with Crippen molar-refractivity contribution in [1.29, 1.82) is 0 Å². The molecule has 6 nitrogen and oxygen atoms in total. The molecule has 128 valence electrons. The smallest absolute Gasteiger partial charge is 0.249 e. The molecule has 1 fully saturated rings. The van der Waals surface area contributed by atoms with E-state index in [1.54, 1.807) is 4.68 Å². The molecule has 0 unspecified atom stereocenters. The van der Waals surface area contributed by atoms with Gasteiger partial charge in [0, 0.05) is 17.6 Å². The average molecular weight is 339 g/mol. The average Bonchev–Trinajstić information content (AvgIpc) is 2.90. The van der Waals surface area contributed by atoms with E-state index in [0.29, 0.717) is 12.2 Å². The van der Waals surface area contributed by atoms with Crippen LogP contribution in [0.3, 0.4) is 0 Å². The van der Waals surface area contributed by atoms with Crippen LogP contribution in [0, 0.1) is 0 Å². The molecule has 0 radical (unpaired) electrons. The van der Waals surface area contributed by atoms with E-state index in [0.717, 1.165) is 11.3 Å². The quantitative estimate of drug-likeness (QED) is 0.858. The maximum Gasteiger partial charge on any atom is 0.249 e. The van der Waals surface area contributed by atoms with Gasteiger partial charge in [-0.2, -0.15) is 5.10 Å². The van der Waals surface area contributed by atoms with Crippen LogP contribution in [0.4, 0.5) is 5.82 Å². The van der Waals surface area contributed by atoms with Crippen LogP contribution in [0.25, 0.3) is 0 Å². The minimum absolute atomic E-state index is 0.0732. The second-order valence-corrected chi connectivity index (χ2v) is 9.61. The second kappa shape index (κ2) is 6.11. The number of hydrogen-bond acceptors (Lipinski definition) is 4. The summed E-state index contributed by atoms with van der Waals surface area (Å²) >= 11 is 0. The second-order valence-electron chi connectivity index (χ2n) is 7.38. The van der Waals surface area contributed by atoms with Gasteiger partial charge in [0.15, 0.2) is 9.84 Å². The number of carbonyl (C=O) groups excluding carboxylic acids is 1. The van der Waals surface area contributed by atoms with Crippen molar-refractivity contribution in [3.8, 4) is 0 Å². The van der Waals surface area contributed by atoms with Gasteiger partial charge in [0.2, 0.25) is 5.91 Å². The zero-order chi connectivity index (χ0) is 17.4. The molecule has 1 aromatic heterocycles. The Hall–Kier alpha value is -1.63. The van der Waals surface area contributed by atoms with Gasteiger partial charge in [0.25, 0.3) is 0 Å². The minimum Gasteiger partial charge on any atom is -0.307 e. The largest absolute Gasteiger partial charge is 0.307 e. The molecule has 1 aliphatic rings. The van der Waals surface area contributed by atoms with E-state index in [1.807, 2.05) is 40.7 Å². The Morgan fingerprint density at radius 3 is 2.52 bits per heavy atom. The van der Waals surface area contributed by atoms with Crippen molar-refractivity contribution in [2.24, 2.45) is 0 Å². The normalized spacial score (nSPS) is 20.3. The van der Waals surface area contributed by atoms with Gasteiger partial charge in [-0.05, 0) is 20.3 Å². The highest BCUT2D eigenvalue weighted by molar-refractivity contribution is 7.91. The summed E-state index contributed by atoms with van der Waals surface area (Å²) < 4.78 is 25.2. The molecule has 0 saturated carbocycles. The van der Waals surface area contributed by atoms with Gasteiger partial charge in [-0.15, -0.1) is 0 Å². The van der Waals surface area contributed by atoms with E-state index < -0.39 is 9.84 Å².